The minimum atomic E-state index is 0.0597. The molecule has 0 aromatic heterocycles. The van der Waals surface area contributed by atoms with E-state index in [1.54, 1.807) is 0 Å². The maximum atomic E-state index is 11.8. The zero-order chi connectivity index (χ0) is 18.5. The Kier molecular flexibility index (Phi) is 9.69. The molecule has 0 aliphatic rings. The lowest BCUT2D eigenvalue weighted by Gasteiger charge is -2.06. The summed E-state index contributed by atoms with van der Waals surface area (Å²) in [6.07, 6.45) is 8.44. The fourth-order valence-corrected chi connectivity index (χ4v) is 2.08. The van der Waals surface area contributed by atoms with E-state index in [2.05, 4.69) is 24.4 Å². The van der Waals surface area contributed by atoms with Crippen LogP contribution in [0.3, 0.4) is 0 Å². The molecule has 0 saturated carbocycles. The van der Waals surface area contributed by atoms with Crippen molar-refractivity contribution in [1.29, 1.82) is 0 Å². The summed E-state index contributed by atoms with van der Waals surface area (Å²) in [4.78, 5) is 11.8. The largest absolute Gasteiger partial charge is 0.352 e. The summed E-state index contributed by atoms with van der Waals surface area (Å²) in [5.41, 5.74) is 4.62. The first-order chi connectivity index (χ1) is 12.0. The highest BCUT2D eigenvalue weighted by atomic mass is 16.1. The van der Waals surface area contributed by atoms with Gasteiger partial charge >= 0.3 is 0 Å². The Hall–Kier alpha value is -2.61. The molecule has 25 heavy (non-hydrogen) atoms. The summed E-state index contributed by atoms with van der Waals surface area (Å²) < 4.78 is 0. The fourth-order valence-electron chi connectivity index (χ4n) is 2.08. The molecule has 2 nitrogen and oxygen atoms in total. The second-order valence-corrected chi connectivity index (χ2v) is 5.98. The summed E-state index contributed by atoms with van der Waals surface area (Å²) in [5.74, 6) is 0.0597. The summed E-state index contributed by atoms with van der Waals surface area (Å²) >= 11 is 0. The molecule has 2 heteroatoms. The molecule has 0 bridgehead atoms. The van der Waals surface area contributed by atoms with Gasteiger partial charge in [0.15, 0.2) is 0 Å². The van der Waals surface area contributed by atoms with Crippen LogP contribution in [0.25, 0.3) is 0 Å². The van der Waals surface area contributed by atoms with Gasteiger partial charge in [-0.15, -0.1) is 0 Å². The van der Waals surface area contributed by atoms with Crippen LogP contribution in [0, 0.1) is 13.8 Å². The highest BCUT2D eigenvalue weighted by Gasteiger charge is 2.03. The normalized spacial score (nSPS) is 10.6. The van der Waals surface area contributed by atoms with Crippen molar-refractivity contribution >= 4 is 5.91 Å². The van der Waals surface area contributed by atoms with Crippen molar-refractivity contribution < 1.29 is 4.79 Å². The van der Waals surface area contributed by atoms with E-state index in [0.717, 1.165) is 11.1 Å². The van der Waals surface area contributed by atoms with Crippen LogP contribution in [0.5, 0.6) is 0 Å². The number of carbonyl (C=O) groups is 1. The van der Waals surface area contributed by atoms with E-state index in [-0.39, 0.29) is 5.91 Å². The minimum Gasteiger partial charge on any atom is -0.352 e. The summed E-state index contributed by atoms with van der Waals surface area (Å²) in [5, 5.41) is 2.94. The lowest BCUT2D eigenvalue weighted by atomic mass is 10.1. The van der Waals surface area contributed by atoms with E-state index >= 15 is 0 Å². The van der Waals surface area contributed by atoms with Gasteiger partial charge in [0.2, 0.25) is 5.91 Å². The molecule has 0 fully saturated rings. The molecule has 0 aliphatic carbocycles. The molecule has 0 spiro atoms. The molecule has 0 atom stereocenters. The van der Waals surface area contributed by atoms with Gasteiger partial charge in [-0.25, -0.2) is 0 Å². The third kappa shape index (κ3) is 9.31. The number of hydrogen-bond acceptors (Lipinski definition) is 1. The quantitative estimate of drug-likeness (QED) is 0.738. The third-order valence-electron chi connectivity index (χ3n) is 3.59. The monoisotopic (exact) mass is 335 g/mol. The number of hydrogen-bond donors (Lipinski definition) is 1. The van der Waals surface area contributed by atoms with Crippen LogP contribution in [0.2, 0.25) is 0 Å². The summed E-state index contributed by atoms with van der Waals surface area (Å²) in [7, 11) is 0. The van der Waals surface area contributed by atoms with Gasteiger partial charge in [0.25, 0.3) is 0 Å². The first-order valence-electron chi connectivity index (χ1n) is 8.67. The highest BCUT2D eigenvalue weighted by molar-refractivity contribution is 5.78. The first-order valence-corrected chi connectivity index (χ1v) is 8.67. The van der Waals surface area contributed by atoms with Crippen LogP contribution in [-0.2, 0) is 17.8 Å². The van der Waals surface area contributed by atoms with Gasteiger partial charge in [0.05, 0.1) is 6.42 Å². The van der Waals surface area contributed by atoms with E-state index < -0.39 is 0 Å². The number of amides is 1. The number of allylic oxidation sites excluding steroid dienone is 4. The van der Waals surface area contributed by atoms with Crippen LogP contribution in [0.4, 0.5) is 0 Å². The van der Waals surface area contributed by atoms with Crippen LogP contribution in [0.1, 0.15) is 36.1 Å². The molecule has 2 aromatic rings. The predicted octanol–water partition coefficient (Wildman–Crippen LogP) is 5.30. The minimum absolute atomic E-state index is 0.0597. The third-order valence-corrected chi connectivity index (χ3v) is 3.59. The molecule has 132 valence electrons. The SMILES string of the molecule is C/C=C\C=C/C.Cc1ccc(CNC(=O)Cc2ccc(C)cc2)cc1. The van der Waals surface area contributed by atoms with Crippen molar-refractivity contribution in [1.82, 2.24) is 5.32 Å². The van der Waals surface area contributed by atoms with Crippen molar-refractivity contribution in [3.63, 3.8) is 0 Å². The molecule has 1 N–H and O–H groups in total. The topological polar surface area (TPSA) is 29.1 Å². The lowest BCUT2D eigenvalue weighted by Crippen LogP contribution is -2.24. The molecule has 0 aliphatic heterocycles. The van der Waals surface area contributed by atoms with Crippen molar-refractivity contribution in [2.45, 2.75) is 40.7 Å². The van der Waals surface area contributed by atoms with E-state index in [9.17, 15) is 4.79 Å². The Labute approximate surface area is 152 Å². The molecule has 1 amide bonds. The molecule has 2 rings (SSSR count). The van der Waals surface area contributed by atoms with Gasteiger partial charge in [0, 0.05) is 6.54 Å². The zero-order valence-electron chi connectivity index (χ0n) is 15.8. The van der Waals surface area contributed by atoms with Crippen LogP contribution in [0.15, 0.2) is 72.8 Å². The lowest BCUT2D eigenvalue weighted by molar-refractivity contribution is -0.120. The molecule has 0 saturated heterocycles. The second-order valence-electron chi connectivity index (χ2n) is 5.98. The zero-order valence-corrected chi connectivity index (χ0v) is 15.8. The van der Waals surface area contributed by atoms with Crippen LogP contribution >= 0.6 is 0 Å². The van der Waals surface area contributed by atoms with Gasteiger partial charge in [-0.2, -0.15) is 0 Å². The number of rotatable bonds is 5. The maximum absolute atomic E-state index is 11.8. The molecular weight excluding hydrogens is 306 g/mol. The number of nitrogens with one attached hydrogen (secondary N) is 1. The van der Waals surface area contributed by atoms with Crippen LogP contribution < -0.4 is 5.32 Å². The Bertz CT molecular complexity index is 669. The second kappa shape index (κ2) is 11.9. The summed E-state index contributed by atoms with van der Waals surface area (Å²) in [6, 6.07) is 16.3. The van der Waals surface area contributed by atoms with Gasteiger partial charge in [-0.05, 0) is 38.8 Å². The van der Waals surface area contributed by atoms with E-state index in [4.69, 9.17) is 0 Å². The van der Waals surface area contributed by atoms with Gasteiger partial charge < -0.3 is 5.32 Å². The standard InChI is InChI=1S/C17H19NO.C6H10/c1-13-3-7-15(8-4-13)11-17(19)18-12-16-9-5-14(2)6-10-16;1-3-5-6-4-2/h3-10H,11-12H2,1-2H3,(H,18,19);3-6H,1-2H3/b;5-3-,6-4-. The Morgan fingerprint density at radius 3 is 1.68 bits per heavy atom. The average Bonchev–Trinajstić information content (AvgIpc) is 2.62. The van der Waals surface area contributed by atoms with E-state index in [1.807, 2.05) is 81.5 Å². The molecule has 0 radical (unpaired) electrons. The van der Waals surface area contributed by atoms with Crippen molar-refractivity contribution in [2.24, 2.45) is 0 Å². The Balaban J connectivity index is 0.000000450. The highest BCUT2D eigenvalue weighted by Crippen LogP contribution is 2.05. The average molecular weight is 335 g/mol. The van der Waals surface area contributed by atoms with E-state index in [0.29, 0.717) is 13.0 Å². The van der Waals surface area contributed by atoms with Crippen molar-refractivity contribution in [3.05, 3.63) is 95.1 Å². The van der Waals surface area contributed by atoms with Crippen molar-refractivity contribution in [2.75, 3.05) is 0 Å². The van der Waals surface area contributed by atoms with Gasteiger partial charge in [-0.3, -0.25) is 4.79 Å². The van der Waals surface area contributed by atoms with Gasteiger partial charge in [-0.1, -0.05) is 84.0 Å². The fraction of sp³-hybridized carbons (Fsp3) is 0.261. The molecular formula is C23H29NO. The number of aryl methyl sites for hydroxylation is 2. The van der Waals surface area contributed by atoms with Crippen molar-refractivity contribution in [3.8, 4) is 0 Å². The first kappa shape index (κ1) is 20.4. The Morgan fingerprint density at radius 2 is 1.24 bits per heavy atom. The summed E-state index contributed by atoms with van der Waals surface area (Å²) in [6.45, 7) is 8.69. The number of carbonyl (C=O) groups excluding carboxylic acids is 1. The smallest absolute Gasteiger partial charge is 0.224 e. The molecule has 0 heterocycles. The predicted molar refractivity (Wildman–Crippen MR) is 108 cm³/mol. The maximum Gasteiger partial charge on any atom is 0.224 e. The number of benzene rings is 2. The van der Waals surface area contributed by atoms with Gasteiger partial charge in [0.1, 0.15) is 0 Å². The van der Waals surface area contributed by atoms with E-state index in [1.165, 1.54) is 11.1 Å². The Morgan fingerprint density at radius 1 is 0.800 bits per heavy atom. The molecule has 2 aromatic carbocycles. The van der Waals surface area contributed by atoms with Crippen LogP contribution in [-0.4, -0.2) is 5.91 Å². The molecule has 0 unspecified atom stereocenters.